The molecule has 1 N–H and O–H groups in total. The van der Waals surface area contributed by atoms with E-state index in [1.807, 2.05) is 26.8 Å². The lowest BCUT2D eigenvalue weighted by Crippen LogP contribution is -2.57. The number of carbonyl (C=O) groups is 2. The van der Waals surface area contributed by atoms with Crippen molar-refractivity contribution in [3.05, 3.63) is 24.0 Å². The van der Waals surface area contributed by atoms with E-state index in [2.05, 4.69) is 15.2 Å². The Morgan fingerprint density at radius 1 is 1.31 bits per heavy atom. The molecule has 0 saturated carbocycles. The summed E-state index contributed by atoms with van der Waals surface area (Å²) >= 11 is 0. The number of nitrogens with zero attached hydrogens (tertiary/aromatic N) is 3. The van der Waals surface area contributed by atoms with Gasteiger partial charge in [0.25, 0.3) is 5.91 Å². The molecule has 0 radical (unpaired) electrons. The number of rotatable bonds is 4. The fraction of sp³-hybridized carbons (Fsp3) is 0.611. The van der Waals surface area contributed by atoms with Crippen LogP contribution in [0.1, 0.15) is 31.3 Å². The zero-order valence-corrected chi connectivity index (χ0v) is 16.1. The van der Waals surface area contributed by atoms with Gasteiger partial charge < -0.3 is 19.7 Å². The average molecular weight is 364 g/mol. The van der Waals surface area contributed by atoms with Crippen molar-refractivity contribution in [2.24, 2.45) is 0 Å². The van der Waals surface area contributed by atoms with Crippen molar-refractivity contribution >= 4 is 17.7 Å². The van der Waals surface area contributed by atoms with Crippen LogP contribution in [0.5, 0.6) is 0 Å². The maximum absolute atomic E-state index is 12.5. The molecule has 0 aromatic carbocycles. The first-order chi connectivity index (χ1) is 12.2. The topological polar surface area (TPSA) is 84.0 Å². The van der Waals surface area contributed by atoms with Crippen LogP contribution in [0.3, 0.4) is 0 Å². The number of hydrogen-bond donors (Lipinski definition) is 1. The van der Waals surface area contributed by atoms with Crippen LogP contribution in [-0.4, -0.2) is 73.9 Å². The molecule has 8 heteroatoms. The highest BCUT2D eigenvalue weighted by atomic mass is 16.6. The summed E-state index contributed by atoms with van der Waals surface area (Å²) < 4.78 is 10.8. The molecule has 2 amide bonds. The molecule has 1 unspecified atom stereocenters. The van der Waals surface area contributed by atoms with E-state index in [4.69, 9.17) is 9.47 Å². The van der Waals surface area contributed by atoms with E-state index in [0.717, 1.165) is 5.69 Å². The third-order valence-electron chi connectivity index (χ3n) is 4.04. The fourth-order valence-corrected chi connectivity index (χ4v) is 2.82. The van der Waals surface area contributed by atoms with E-state index in [-0.39, 0.29) is 18.0 Å². The molecule has 1 aromatic heterocycles. The van der Waals surface area contributed by atoms with Crippen molar-refractivity contribution in [1.29, 1.82) is 0 Å². The Kier molecular flexibility index (Phi) is 6.42. The van der Waals surface area contributed by atoms with Gasteiger partial charge in [-0.2, -0.15) is 0 Å². The maximum atomic E-state index is 12.5. The Balaban J connectivity index is 2.09. The van der Waals surface area contributed by atoms with Crippen LogP contribution in [-0.2, 0) is 9.47 Å². The molecule has 8 nitrogen and oxygen atoms in total. The molecule has 0 spiro atoms. The predicted octanol–water partition coefficient (Wildman–Crippen LogP) is 1.51. The van der Waals surface area contributed by atoms with E-state index < -0.39 is 5.60 Å². The first-order valence-electron chi connectivity index (χ1n) is 8.67. The summed E-state index contributed by atoms with van der Waals surface area (Å²) in [5, 5.41) is 2.55. The van der Waals surface area contributed by atoms with Gasteiger partial charge in [0.2, 0.25) is 0 Å². The molecule has 1 aliphatic rings. The average Bonchev–Trinajstić information content (AvgIpc) is 2.60. The largest absolute Gasteiger partial charge is 0.444 e. The molecule has 1 aromatic rings. The van der Waals surface area contributed by atoms with Crippen LogP contribution in [0.4, 0.5) is 10.5 Å². The molecule has 1 saturated heterocycles. The number of anilines is 1. The van der Waals surface area contributed by atoms with Crippen molar-refractivity contribution in [3.8, 4) is 0 Å². The molecule has 0 bridgehead atoms. The van der Waals surface area contributed by atoms with Gasteiger partial charge in [-0.1, -0.05) is 0 Å². The first kappa shape index (κ1) is 20.0. The van der Waals surface area contributed by atoms with Gasteiger partial charge in [0.1, 0.15) is 11.3 Å². The number of hydrogen-bond acceptors (Lipinski definition) is 6. The summed E-state index contributed by atoms with van der Waals surface area (Å²) in [6.07, 6.45) is 1.35. The summed E-state index contributed by atoms with van der Waals surface area (Å²) in [7, 11) is 3.19. The Bertz CT molecular complexity index is 627. The molecule has 144 valence electrons. The van der Waals surface area contributed by atoms with E-state index in [1.165, 1.54) is 0 Å². The lowest BCUT2D eigenvalue weighted by molar-refractivity contribution is 0.00342. The maximum Gasteiger partial charge on any atom is 0.410 e. The minimum atomic E-state index is -0.536. The second-order valence-corrected chi connectivity index (χ2v) is 7.21. The van der Waals surface area contributed by atoms with Crippen molar-refractivity contribution in [1.82, 2.24) is 15.2 Å². The summed E-state index contributed by atoms with van der Waals surface area (Å²) in [5.41, 5.74) is 0.741. The minimum Gasteiger partial charge on any atom is -0.444 e. The van der Waals surface area contributed by atoms with Crippen molar-refractivity contribution in [2.45, 2.75) is 32.4 Å². The highest BCUT2D eigenvalue weighted by molar-refractivity contribution is 5.92. The second kappa shape index (κ2) is 8.35. The van der Waals surface area contributed by atoms with E-state index in [1.54, 1.807) is 31.3 Å². The Labute approximate surface area is 154 Å². The Morgan fingerprint density at radius 3 is 2.58 bits per heavy atom. The number of pyridine rings is 1. The van der Waals surface area contributed by atoms with Gasteiger partial charge in [-0.25, -0.2) is 9.78 Å². The van der Waals surface area contributed by atoms with Crippen molar-refractivity contribution in [3.63, 3.8) is 0 Å². The van der Waals surface area contributed by atoms with E-state index in [0.29, 0.717) is 31.9 Å². The van der Waals surface area contributed by atoms with Crippen LogP contribution in [0.2, 0.25) is 0 Å². The first-order valence-corrected chi connectivity index (χ1v) is 8.67. The fourth-order valence-electron chi connectivity index (χ4n) is 2.82. The number of piperazine rings is 1. The number of nitrogens with one attached hydrogen (secondary N) is 1. The molecular weight excluding hydrogens is 336 g/mol. The number of amides is 2. The highest BCUT2D eigenvalue weighted by Gasteiger charge is 2.33. The summed E-state index contributed by atoms with van der Waals surface area (Å²) in [4.78, 5) is 32.1. The number of methoxy groups -OCH3 is 1. The third kappa shape index (κ3) is 5.08. The number of carbonyl (C=O) groups excluding carboxylic acids is 2. The molecule has 2 heterocycles. The van der Waals surface area contributed by atoms with Crippen LogP contribution in [0.25, 0.3) is 0 Å². The zero-order valence-electron chi connectivity index (χ0n) is 16.1. The molecule has 1 aliphatic heterocycles. The quantitative estimate of drug-likeness (QED) is 0.872. The molecule has 2 rings (SSSR count). The Hall–Kier alpha value is -2.35. The smallest absolute Gasteiger partial charge is 0.410 e. The van der Waals surface area contributed by atoms with E-state index >= 15 is 0 Å². The molecule has 1 atom stereocenters. The molecular formula is C18H28N4O4. The van der Waals surface area contributed by atoms with Gasteiger partial charge in [0.15, 0.2) is 0 Å². The lowest BCUT2D eigenvalue weighted by atomic mass is 10.1. The predicted molar refractivity (Wildman–Crippen MR) is 98.4 cm³/mol. The van der Waals surface area contributed by atoms with Gasteiger partial charge in [-0.3, -0.25) is 9.69 Å². The SMILES string of the molecule is CNC(=O)c1ccc(N2CCN(C(=O)OC(C)(C)C)C(COC)C2)cn1. The summed E-state index contributed by atoms with van der Waals surface area (Å²) in [6.45, 7) is 7.76. The van der Waals surface area contributed by atoms with Crippen LogP contribution >= 0.6 is 0 Å². The molecule has 1 fully saturated rings. The van der Waals surface area contributed by atoms with Gasteiger partial charge in [-0.05, 0) is 32.9 Å². The van der Waals surface area contributed by atoms with Crippen LogP contribution in [0.15, 0.2) is 18.3 Å². The van der Waals surface area contributed by atoms with Crippen molar-refractivity contribution < 1.29 is 19.1 Å². The van der Waals surface area contributed by atoms with Gasteiger partial charge in [0, 0.05) is 33.8 Å². The summed E-state index contributed by atoms with van der Waals surface area (Å²) in [6, 6.07) is 3.44. The van der Waals surface area contributed by atoms with E-state index in [9.17, 15) is 9.59 Å². The van der Waals surface area contributed by atoms with Gasteiger partial charge in [-0.15, -0.1) is 0 Å². The highest BCUT2D eigenvalue weighted by Crippen LogP contribution is 2.21. The monoisotopic (exact) mass is 364 g/mol. The molecule has 26 heavy (non-hydrogen) atoms. The molecule has 0 aliphatic carbocycles. The third-order valence-corrected chi connectivity index (χ3v) is 4.04. The van der Waals surface area contributed by atoms with Gasteiger partial charge in [0.05, 0.1) is 24.5 Å². The van der Waals surface area contributed by atoms with Crippen molar-refractivity contribution in [2.75, 3.05) is 45.3 Å². The van der Waals surface area contributed by atoms with Crippen LogP contribution in [0, 0.1) is 0 Å². The Morgan fingerprint density at radius 2 is 2.04 bits per heavy atom. The van der Waals surface area contributed by atoms with Crippen LogP contribution < -0.4 is 10.2 Å². The number of aromatic nitrogens is 1. The van der Waals surface area contributed by atoms with Gasteiger partial charge >= 0.3 is 6.09 Å². The minimum absolute atomic E-state index is 0.123. The second-order valence-electron chi connectivity index (χ2n) is 7.21. The normalized spacial score (nSPS) is 17.8. The standard InChI is InChI=1S/C18H28N4O4/c1-18(2,3)26-17(24)22-9-8-21(11-14(22)12-25-5)13-6-7-15(20-10-13)16(23)19-4/h6-7,10,14H,8-9,11-12H2,1-5H3,(H,19,23). The number of ether oxygens (including phenoxy) is 2. The zero-order chi connectivity index (χ0) is 19.3. The lowest BCUT2D eigenvalue weighted by Gasteiger charge is -2.42. The summed E-state index contributed by atoms with van der Waals surface area (Å²) in [5.74, 6) is -0.219.